The summed E-state index contributed by atoms with van der Waals surface area (Å²) in [6, 6.07) is 1.81. The first kappa shape index (κ1) is 23.8. The largest absolute Gasteiger partial charge is 0.479 e. The molecule has 0 aliphatic rings. The molecule has 30 heavy (non-hydrogen) atoms. The van der Waals surface area contributed by atoms with E-state index in [-0.39, 0.29) is 23.2 Å². The van der Waals surface area contributed by atoms with Gasteiger partial charge in [-0.1, -0.05) is 20.8 Å². The molecule has 0 saturated heterocycles. The van der Waals surface area contributed by atoms with E-state index in [0.717, 1.165) is 5.56 Å². The van der Waals surface area contributed by atoms with Gasteiger partial charge in [-0.3, -0.25) is 10.1 Å². The molecule has 2 heterocycles. The Labute approximate surface area is 178 Å². The molecule has 0 bridgehead atoms. The predicted octanol–water partition coefficient (Wildman–Crippen LogP) is 4.59. The molecule has 0 spiro atoms. The van der Waals surface area contributed by atoms with Crippen molar-refractivity contribution in [2.75, 3.05) is 20.3 Å². The molecule has 2 rings (SSSR count). The third-order valence-electron chi connectivity index (χ3n) is 5.42. The highest BCUT2D eigenvalue weighted by Crippen LogP contribution is 2.37. The maximum Gasteiger partial charge on any atom is 0.353 e. The van der Waals surface area contributed by atoms with Gasteiger partial charge in [0.05, 0.1) is 18.6 Å². The molecule has 2 aromatic heterocycles. The summed E-state index contributed by atoms with van der Waals surface area (Å²) < 4.78 is 18.6. The summed E-state index contributed by atoms with van der Waals surface area (Å²) in [5, 5.41) is 16.1. The van der Waals surface area contributed by atoms with E-state index in [1.165, 1.54) is 11.8 Å². The number of pyridine rings is 1. The Morgan fingerprint density at radius 2 is 1.87 bits per heavy atom. The molecule has 0 amide bonds. The zero-order valence-electron chi connectivity index (χ0n) is 19.1. The van der Waals surface area contributed by atoms with Gasteiger partial charge in [-0.25, -0.2) is 9.67 Å². The Morgan fingerprint density at radius 1 is 1.20 bits per heavy atom. The van der Waals surface area contributed by atoms with Crippen LogP contribution in [0, 0.1) is 24.0 Å². The number of nitrogens with zero attached hydrogens (tertiary/aromatic N) is 4. The average molecular weight is 437 g/mol. The zero-order valence-corrected chi connectivity index (χ0v) is 20.1. The summed E-state index contributed by atoms with van der Waals surface area (Å²) in [4.78, 5) is 15.4. The highest BCUT2D eigenvalue weighted by molar-refractivity contribution is 6.74. The maximum absolute atomic E-state index is 11.6. The number of nitro groups is 1. The van der Waals surface area contributed by atoms with Gasteiger partial charge in [-0.2, -0.15) is 0 Å². The summed E-state index contributed by atoms with van der Waals surface area (Å²) in [7, 11) is -0.338. The van der Waals surface area contributed by atoms with Crippen LogP contribution in [0.4, 0.5) is 5.69 Å². The second-order valence-electron chi connectivity index (χ2n) is 8.76. The maximum atomic E-state index is 11.6. The lowest BCUT2D eigenvalue weighted by atomic mass is 10.2. The number of ether oxygens (including phenoxy) is 2. The Balaban J connectivity index is 2.17. The Hall–Kier alpha value is -2.46. The van der Waals surface area contributed by atoms with Crippen molar-refractivity contribution in [2.45, 2.75) is 59.2 Å². The number of aryl methyl sites for hydroxylation is 1. The molecule has 0 N–H and O–H groups in total. The minimum Gasteiger partial charge on any atom is -0.479 e. The van der Waals surface area contributed by atoms with Gasteiger partial charge in [0.1, 0.15) is 11.4 Å². The zero-order chi connectivity index (χ0) is 22.7. The molecular weight excluding hydrogens is 404 g/mol. The first-order chi connectivity index (χ1) is 13.9. The van der Waals surface area contributed by atoms with Crippen LogP contribution in [0.15, 0.2) is 12.3 Å². The molecule has 0 saturated carbocycles. The average Bonchev–Trinajstić information content (AvgIpc) is 2.96. The molecule has 0 aromatic carbocycles. The van der Waals surface area contributed by atoms with Crippen LogP contribution in [-0.2, 0) is 4.43 Å². The molecule has 0 unspecified atom stereocenters. The molecule has 2 aromatic rings. The van der Waals surface area contributed by atoms with Crippen LogP contribution in [-0.4, -0.2) is 48.3 Å². The van der Waals surface area contributed by atoms with Crippen molar-refractivity contribution in [1.29, 1.82) is 0 Å². The molecule has 166 valence electrons. The number of rotatable bonds is 9. The van der Waals surface area contributed by atoms with E-state index in [0.29, 0.717) is 30.3 Å². The van der Waals surface area contributed by atoms with Crippen LogP contribution in [0.2, 0.25) is 18.1 Å². The first-order valence-corrected chi connectivity index (χ1v) is 12.8. The smallest absolute Gasteiger partial charge is 0.353 e. The Bertz CT molecular complexity index is 905. The van der Waals surface area contributed by atoms with Gasteiger partial charge in [0.15, 0.2) is 8.32 Å². The van der Waals surface area contributed by atoms with Crippen molar-refractivity contribution in [3.05, 3.63) is 33.6 Å². The van der Waals surface area contributed by atoms with Gasteiger partial charge in [0, 0.05) is 19.2 Å². The molecule has 9 nitrogen and oxygen atoms in total. The lowest BCUT2D eigenvalue weighted by molar-refractivity contribution is -0.386. The molecule has 0 aliphatic heterocycles. The summed E-state index contributed by atoms with van der Waals surface area (Å²) in [5.41, 5.74) is 1.59. The number of aromatic nitrogens is 3. The third-order valence-corrected chi connectivity index (χ3v) is 9.96. The highest BCUT2D eigenvalue weighted by atomic mass is 28.4. The van der Waals surface area contributed by atoms with Crippen LogP contribution in [0.5, 0.6) is 11.8 Å². The van der Waals surface area contributed by atoms with Crippen LogP contribution in [0.25, 0.3) is 5.69 Å². The summed E-state index contributed by atoms with van der Waals surface area (Å²) in [6.07, 6.45) is 2.28. The molecule has 10 heteroatoms. The van der Waals surface area contributed by atoms with Crippen LogP contribution >= 0.6 is 0 Å². The molecule has 0 atom stereocenters. The number of methoxy groups -OCH3 is 1. The van der Waals surface area contributed by atoms with Crippen molar-refractivity contribution >= 4 is 14.0 Å². The topological polar surface area (TPSA) is 102 Å². The SMILES string of the molecule is COc1ncc(C)cc1-n1nc(OCCCO[Si](C)(C)C(C)(C)C)c([N+](=O)[O-])c1C. The van der Waals surface area contributed by atoms with E-state index >= 15 is 0 Å². The second-order valence-corrected chi connectivity index (χ2v) is 13.6. The van der Waals surface area contributed by atoms with Crippen LogP contribution in [0.1, 0.15) is 38.4 Å². The minimum absolute atomic E-state index is 0.0200. The van der Waals surface area contributed by atoms with Gasteiger partial charge in [-0.05, 0) is 43.6 Å². The van der Waals surface area contributed by atoms with E-state index in [9.17, 15) is 10.1 Å². The van der Waals surface area contributed by atoms with E-state index in [1.807, 2.05) is 13.0 Å². The fourth-order valence-electron chi connectivity index (χ4n) is 2.63. The summed E-state index contributed by atoms with van der Waals surface area (Å²) >= 11 is 0. The van der Waals surface area contributed by atoms with Gasteiger partial charge < -0.3 is 13.9 Å². The van der Waals surface area contributed by atoms with Crippen molar-refractivity contribution in [2.24, 2.45) is 0 Å². The lowest BCUT2D eigenvalue weighted by Crippen LogP contribution is -2.41. The van der Waals surface area contributed by atoms with Crippen LogP contribution in [0.3, 0.4) is 0 Å². The van der Waals surface area contributed by atoms with Gasteiger partial charge >= 0.3 is 11.6 Å². The standard InChI is InChI=1S/C20H32N4O5Si/c1-14-12-16(18(27-6)21-13-14)23-15(2)17(24(25)26)19(22-23)28-10-9-11-29-30(7,8)20(3,4)5/h12-13H,9-11H2,1-8H3. The fourth-order valence-corrected chi connectivity index (χ4v) is 3.72. The normalized spacial score (nSPS) is 12.1. The Morgan fingerprint density at radius 3 is 2.43 bits per heavy atom. The first-order valence-electron chi connectivity index (χ1n) is 9.91. The molecule has 0 fully saturated rings. The molecule has 0 aliphatic carbocycles. The fraction of sp³-hybridized carbons (Fsp3) is 0.600. The lowest BCUT2D eigenvalue weighted by Gasteiger charge is -2.36. The molecular formula is C20H32N4O5Si. The summed E-state index contributed by atoms with van der Waals surface area (Å²) in [5.74, 6) is 0.309. The Kier molecular flexibility index (Phi) is 7.25. The van der Waals surface area contributed by atoms with Crippen molar-refractivity contribution in [3.8, 4) is 17.4 Å². The van der Waals surface area contributed by atoms with Gasteiger partial charge in [0.25, 0.3) is 0 Å². The highest BCUT2D eigenvalue weighted by Gasteiger charge is 2.37. The second kappa shape index (κ2) is 9.13. The predicted molar refractivity (Wildman–Crippen MR) is 117 cm³/mol. The summed E-state index contributed by atoms with van der Waals surface area (Å²) in [6.45, 7) is 15.2. The van der Waals surface area contributed by atoms with Crippen molar-refractivity contribution in [1.82, 2.24) is 14.8 Å². The number of hydrogen-bond acceptors (Lipinski definition) is 7. The van der Waals surface area contributed by atoms with Crippen molar-refractivity contribution in [3.63, 3.8) is 0 Å². The van der Waals surface area contributed by atoms with Crippen LogP contribution < -0.4 is 9.47 Å². The van der Waals surface area contributed by atoms with E-state index in [4.69, 9.17) is 13.9 Å². The number of hydrogen-bond donors (Lipinski definition) is 0. The quantitative estimate of drug-likeness (QED) is 0.245. The van der Waals surface area contributed by atoms with Crippen molar-refractivity contribution < 1.29 is 18.8 Å². The minimum atomic E-state index is -1.83. The van der Waals surface area contributed by atoms with Gasteiger partial charge in [0.2, 0.25) is 5.88 Å². The third kappa shape index (κ3) is 5.17. The molecule has 0 radical (unpaired) electrons. The monoisotopic (exact) mass is 436 g/mol. The van der Waals surface area contributed by atoms with Gasteiger partial charge in [-0.15, -0.1) is 5.10 Å². The van der Waals surface area contributed by atoms with E-state index in [2.05, 4.69) is 43.9 Å². The van der Waals surface area contributed by atoms with E-state index < -0.39 is 13.2 Å². The van der Waals surface area contributed by atoms with E-state index in [1.54, 1.807) is 13.1 Å².